The Morgan fingerprint density at radius 3 is 2.45 bits per heavy atom. The van der Waals surface area contributed by atoms with Crippen LogP contribution in [0.15, 0.2) is 58.3 Å². The Bertz CT molecular complexity index is 1060. The molecule has 31 heavy (non-hydrogen) atoms. The SMILES string of the molecule is CC1CCN(C(=O)CN2CCN(S(=O)(=O)c3ccccc3Cl)CC2)c2ccccc2S1. The van der Waals surface area contributed by atoms with E-state index in [4.69, 9.17) is 11.6 Å². The number of halogens is 1. The number of rotatable bonds is 4. The molecule has 2 aliphatic rings. The summed E-state index contributed by atoms with van der Waals surface area (Å²) in [5.41, 5.74) is 0.974. The summed E-state index contributed by atoms with van der Waals surface area (Å²) in [5, 5.41) is 0.685. The van der Waals surface area contributed by atoms with Gasteiger partial charge in [0.25, 0.3) is 0 Å². The summed E-state index contributed by atoms with van der Waals surface area (Å²) in [7, 11) is -3.64. The lowest BCUT2D eigenvalue weighted by molar-refractivity contribution is -0.120. The summed E-state index contributed by atoms with van der Waals surface area (Å²) in [5.74, 6) is 0.0598. The Morgan fingerprint density at radius 2 is 1.71 bits per heavy atom. The maximum atomic E-state index is 13.2. The number of anilines is 1. The molecular formula is C22H26ClN3O3S2. The standard InChI is InChI=1S/C22H26ClN3O3S2/c1-17-10-11-26(19-7-3-4-8-20(19)30-17)22(27)16-24-12-14-25(15-13-24)31(28,29)21-9-5-2-6-18(21)23/h2-9,17H,10-16H2,1H3. The zero-order valence-electron chi connectivity index (χ0n) is 17.4. The van der Waals surface area contributed by atoms with Gasteiger partial charge >= 0.3 is 0 Å². The minimum absolute atomic E-state index is 0.0598. The van der Waals surface area contributed by atoms with E-state index in [1.807, 2.05) is 39.8 Å². The van der Waals surface area contributed by atoms with Crippen molar-refractivity contribution >= 4 is 45.0 Å². The number of sulfonamides is 1. The monoisotopic (exact) mass is 479 g/mol. The molecule has 9 heteroatoms. The second-order valence-electron chi connectivity index (χ2n) is 7.84. The van der Waals surface area contributed by atoms with Crippen molar-refractivity contribution in [2.24, 2.45) is 0 Å². The van der Waals surface area contributed by atoms with Gasteiger partial charge in [-0.05, 0) is 30.7 Å². The number of benzene rings is 2. The van der Waals surface area contributed by atoms with Gasteiger partial charge in [0, 0.05) is 42.9 Å². The number of hydrogen-bond acceptors (Lipinski definition) is 5. The molecular weight excluding hydrogens is 454 g/mol. The van der Waals surface area contributed by atoms with Crippen LogP contribution in [0, 0.1) is 0 Å². The molecule has 1 atom stereocenters. The number of amides is 1. The zero-order chi connectivity index (χ0) is 22.0. The number of piperazine rings is 1. The first-order valence-electron chi connectivity index (χ1n) is 10.4. The van der Waals surface area contributed by atoms with Gasteiger partial charge in [-0.25, -0.2) is 8.42 Å². The minimum atomic E-state index is -3.64. The van der Waals surface area contributed by atoms with Crippen molar-refractivity contribution in [2.45, 2.75) is 28.4 Å². The van der Waals surface area contributed by atoms with Gasteiger partial charge in [-0.2, -0.15) is 4.31 Å². The molecule has 2 aromatic rings. The third-order valence-corrected chi connectivity index (χ3v) is 9.32. The molecule has 0 bridgehead atoms. The van der Waals surface area contributed by atoms with Crippen LogP contribution in [0.1, 0.15) is 13.3 Å². The Morgan fingerprint density at radius 1 is 1.03 bits per heavy atom. The quantitative estimate of drug-likeness (QED) is 0.671. The predicted molar refractivity (Wildman–Crippen MR) is 125 cm³/mol. The molecule has 1 saturated heterocycles. The molecule has 1 fully saturated rings. The Kier molecular flexibility index (Phi) is 6.93. The molecule has 2 heterocycles. The van der Waals surface area contributed by atoms with Gasteiger partial charge in [0.2, 0.25) is 15.9 Å². The smallest absolute Gasteiger partial charge is 0.244 e. The summed E-state index contributed by atoms with van der Waals surface area (Å²) < 4.78 is 27.3. The highest BCUT2D eigenvalue weighted by Gasteiger charge is 2.31. The van der Waals surface area contributed by atoms with Crippen LogP contribution in [-0.4, -0.2) is 68.0 Å². The molecule has 6 nitrogen and oxygen atoms in total. The lowest BCUT2D eigenvalue weighted by atomic mass is 10.2. The van der Waals surface area contributed by atoms with Gasteiger partial charge < -0.3 is 4.90 Å². The molecule has 0 N–H and O–H groups in total. The summed E-state index contributed by atoms with van der Waals surface area (Å²) >= 11 is 7.92. The predicted octanol–water partition coefficient (Wildman–Crippen LogP) is 3.56. The molecule has 2 aliphatic heterocycles. The second-order valence-corrected chi connectivity index (χ2v) is 11.6. The highest BCUT2D eigenvalue weighted by Crippen LogP contribution is 2.37. The fourth-order valence-electron chi connectivity index (χ4n) is 3.94. The van der Waals surface area contributed by atoms with Gasteiger partial charge in [-0.3, -0.25) is 9.69 Å². The number of carbonyl (C=O) groups is 1. The third kappa shape index (κ3) is 4.93. The first kappa shape index (κ1) is 22.6. The molecule has 4 rings (SSSR count). The van der Waals surface area contributed by atoms with Gasteiger partial charge in [-0.15, -0.1) is 11.8 Å². The van der Waals surface area contributed by atoms with E-state index in [-0.39, 0.29) is 22.4 Å². The maximum absolute atomic E-state index is 13.2. The van der Waals surface area contributed by atoms with Crippen molar-refractivity contribution in [3.05, 3.63) is 53.6 Å². The van der Waals surface area contributed by atoms with Crippen LogP contribution in [-0.2, 0) is 14.8 Å². The number of thioether (sulfide) groups is 1. The van der Waals surface area contributed by atoms with Crippen molar-refractivity contribution in [1.82, 2.24) is 9.21 Å². The Labute approximate surface area is 193 Å². The Balaban J connectivity index is 1.40. The van der Waals surface area contributed by atoms with Gasteiger partial charge in [0.1, 0.15) is 4.90 Å². The molecule has 0 saturated carbocycles. The van der Waals surface area contributed by atoms with Gasteiger partial charge in [0.15, 0.2) is 0 Å². The van der Waals surface area contributed by atoms with Crippen LogP contribution in [0.5, 0.6) is 0 Å². The first-order valence-corrected chi connectivity index (χ1v) is 13.1. The van der Waals surface area contributed by atoms with E-state index in [0.29, 0.717) is 38.0 Å². The van der Waals surface area contributed by atoms with E-state index in [2.05, 4.69) is 13.0 Å². The van der Waals surface area contributed by atoms with Gasteiger partial charge in [0.05, 0.1) is 17.3 Å². The second kappa shape index (κ2) is 9.50. The van der Waals surface area contributed by atoms with Crippen molar-refractivity contribution in [3.8, 4) is 0 Å². The van der Waals surface area contributed by atoms with Crippen molar-refractivity contribution in [1.29, 1.82) is 0 Å². The minimum Gasteiger partial charge on any atom is -0.310 e. The van der Waals surface area contributed by atoms with Crippen LogP contribution < -0.4 is 4.90 Å². The average molecular weight is 480 g/mol. The zero-order valence-corrected chi connectivity index (χ0v) is 19.8. The van der Waals surface area contributed by atoms with Crippen LogP contribution in [0.2, 0.25) is 5.02 Å². The summed E-state index contributed by atoms with van der Waals surface area (Å²) in [4.78, 5) is 18.3. The number of fused-ring (bicyclic) bond motifs is 1. The van der Waals surface area contributed by atoms with E-state index in [1.54, 1.807) is 18.2 Å². The molecule has 0 spiro atoms. The van der Waals surface area contributed by atoms with Crippen LogP contribution >= 0.6 is 23.4 Å². The van der Waals surface area contributed by atoms with Crippen LogP contribution in [0.25, 0.3) is 0 Å². The van der Waals surface area contributed by atoms with Crippen LogP contribution in [0.3, 0.4) is 0 Å². The number of nitrogens with zero attached hydrogens (tertiary/aromatic N) is 3. The van der Waals surface area contributed by atoms with E-state index >= 15 is 0 Å². The molecule has 1 amide bonds. The van der Waals surface area contributed by atoms with Crippen molar-refractivity contribution < 1.29 is 13.2 Å². The molecule has 0 aliphatic carbocycles. The molecule has 2 aromatic carbocycles. The maximum Gasteiger partial charge on any atom is 0.244 e. The van der Waals surface area contributed by atoms with E-state index < -0.39 is 10.0 Å². The van der Waals surface area contributed by atoms with Crippen molar-refractivity contribution in [3.63, 3.8) is 0 Å². The normalized spacial score (nSPS) is 20.8. The highest BCUT2D eigenvalue weighted by atomic mass is 35.5. The lowest BCUT2D eigenvalue weighted by Gasteiger charge is -2.34. The fraction of sp³-hybridized carbons (Fsp3) is 0.409. The van der Waals surface area contributed by atoms with E-state index in [9.17, 15) is 13.2 Å². The first-order chi connectivity index (χ1) is 14.9. The van der Waals surface area contributed by atoms with Gasteiger partial charge in [-0.1, -0.05) is 42.8 Å². The topological polar surface area (TPSA) is 60.9 Å². The third-order valence-electron chi connectivity index (χ3n) is 5.69. The number of carbonyl (C=O) groups excluding carboxylic acids is 1. The van der Waals surface area contributed by atoms with E-state index in [1.165, 1.54) is 10.4 Å². The number of hydrogen-bond donors (Lipinski definition) is 0. The largest absolute Gasteiger partial charge is 0.310 e. The fourth-order valence-corrected chi connectivity index (χ4v) is 6.97. The summed E-state index contributed by atoms with van der Waals surface area (Å²) in [6.07, 6.45) is 0.939. The highest BCUT2D eigenvalue weighted by molar-refractivity contribution is 8.00. The lowest BCUT2D eigenvalue weighted by Crippen LogP contribution is -2.51. The molecule has 166 valence electrons. The summed E-state index contributed by atoms with van der Waals surface area (Å²) in [6, 6.07) is 14.5. The molecule has 0 radical (unpaired) electrons. The molecule has 1 unspecified atom stereocenters. The average Bonchev–Trinajstić information content (AvgIpc) is 2.92. The number of para-hydroxylation sites is 1. The van der Waals surface area contributed by atoms with E-state index in [0.717, 1.165) is 17.0 Å². The van der Waals surface area contributed by atoms with Crippen molar-refractivity contribution in [2.75, 3.05) is 44.2 Å². The Hall–Kier alpha value is -1.58. The molecule has 0 aromatic heterocycles. The summed E-state index contributed by atoms with van der Waals surface area (Å²) in [6.45, 7) is 4.87. The van der Waals surface area contributed by atoms with Crippen LogP contribution in [0.4, 0.5) is 5.69 Å².